The molecule has 1 aliphatic rings. The van der Waals surface area contributed by atoms with Crippen LogP contribution >= 0.6 is 0 Å². The van der Waals surface area contributed by atoms with Crippen LogP contribution in [-0.2, 0) is 0 Å². The largest absolute Gasteiger partial charge is 0.0654 e. The van der Waals surface area contributed by atoms with Crippen LogP contribution in [0.2, 0.25) is 0 Å². The Hall–Kier alpha value is 0. The summed E-state index contributed by atoms with van der Waals surface area (Å²) in [5, 5.41) is 0. The van der Waals surface area contributed by atoms with Gasteiger partial charge in [0.2, 0.25) is 0 Å². The second-order valence-electron chi connectivity index (χ2n) is 5.87. The number of hydrogen-bond acceptors (Lipinski definition) is 0. The highest BCUT2D eigenvalue weighted by Gasteiger charge is 2.45. The van der Waals surface area contributed by atoms with Crippen LogP contribution in [0.25, 0.3) is 0 Å². The lowest BCUT2D eigenvalue weighted by atomic mass is 9.52. The average molecular weight is 210 g/mol. The summed E-state index contributed by atoms with van der Waals surface area (Å²) in [6.07, 6.45) is 7.09. The SMILES string of the molecule is CCCCC1C(C)C(C)C1C(C)CCC. The second-order valence-corrected chi connectivity index (χ2v) is 5.87. The van der Waals surface area contributed by atoms with Gasteiger partial charge >= 0.3 is 0 Å². The summed E-state index contributed by atoms with van der Waals surface area (Å²) in [5.74, 6) is 5.00. The first-order chi connectivity index (χ1) is 7.13. The molecule has 0 N–H and O–H groups in total. The minimum absolute atomic E-state index is 0.961. The fourth-order valence-electron chi connectivity index (χ4n) is 3.82. The molecule has 1 rings (SSSR count). The molecule has 5 unspecified atom stereocenters. The Balaban J connectivity index is 2.46. The van der Waals surface area contributed by atoms with Crippen LogP contribution in [0.5, 0.6) is 0 Å². The summed E-state index contributed by atoms with van der Waals surface area (Å²) in [6.45, 7) is 12.1. The highest BCUT2D eigenvalue weighted by molar-refractivity contribution is 4.94. The predicted octanol–water partition coefficient (Wildman–Crippen LogP) is 5.13. The third-order valence-electron chi connectivity index (χ3n) is 4.90. The average Bonchev–Trinajstić information content (AvgIpc) is 2.23. The molecule has 0 radical (unpaired) electrons. The van der Waals surface area contributed by atoms with Gasteiger partial charge in [0.25, 0.3) is 0 Å². The van der Waals surface area contributed by atoms with Crippen LogP contribution in [0, 0.1) is 29.6 Å². The highest BCUT2D eigenvalue weighted by atomic mass is 14.5. The summed E-state index contributed by atoms with van der Waals surface area (Å²) in [7, 11) is 0. The predicted molar refractivity (Wildman–Crippen MR) is 68.9 cm³/mol. The van der Waals surface area contributed by atoms with Gasteiger partial charge in [-0.25, -0.2) is 0 Å². The summed E-state index contributed by atoms with van der Waals surface area (Å²) in [5.41, 5.74) is 0. The zero-order chi connectivity index (χ0) is 11.4. The van der Waals surface area contributed by atoms with Crippen molar-refractivity contribution >= 4 is 0 Å². The van der Waals surface area contributed by atoms with E-state index in [1.807, 2.05) is 0 Å². The summed E-state index contributed by atoms with van der Waals surface area (Å²) in [4.78, 5) is 0. The van der Waals surface area contributed by atoms with Gasteiger partial charge < -0.3 is 0 Å². The van der Waals surface area contributed by atoms with Gasteiger partial charge in [0.15, 0.2) is 0 Å². The van der Waals surface area contributed by atoms with Gasteiger partial charge in [0, 0.05) is 0 Å². The van der Waals surface area contributed by atoms with E-state index >= 15 is 0 Å². The van der Waals surface area contributed by atoms with Crippen LogP contribution in [0.3, 0.4) is 0 Å². The quantitative estimate of drug-likeness (QED) is 0.570. The van der Waals surface area contributed by atoms with Crippen molar-refractivity contribution < 1.29 is 0 Å². The fourth-order valence-corrected chi connectivity index (χ4v) is 3.82. The zero-order valence-corrected chi connectivity index (χ0v) is 11.4. The molecule has 0 aromatic carbocycles. The van der Waals surface area contributed by atoms with E-state index < -0.39 is 0 Å². The fraction of sp³-hybridized carbons (Fsp3) is 1.00. The first kappa shape index (κ1) is 13.1. The molecular formula is C15H30. The Morgan fingerprint density at radius 1 is 1.00 bits per heavy atom. The third kappa shape index (κ3) is 2.77. The van der Waals surface area contributed by atoms with Crippen molar-refractivity contribution in [2.24, 2.45) is 29.6 Å². The van der Waals surface area contributed by atoms with Crippen LogP contribution in [-0.4, -0.2) is 0 Å². The molecule has 5 atom stereocenters. The molecule has 0 aromatic rings. The Kier molecular flexibility index (Phi) is 5.15. The zero-order valence-electron chi connectivity index (χ0n) is 11.4. The molecule has 0 aromatic heterocycles. The molecule has 0 spiro atoms. The van der Waals surface area contributed by atoms with Gasteiger partial charge in [-0.2, -0.15) is 0 Å². The van der Waals surface area contributed by atoms with E-state index in [0.29, 0.717) is 0 Å². The molecule has 1 fully saturated rings. The van der Waals surface area contributed by atoms with Gasteiger partial charge in [-0.05, 0) is 36.0 Å². The molecule has 0 heterocycles. The molecule has 0 bridgehead atoms. The smallest absolute Gasteiger partial charge is 0.0329 e. The maximum absolute atomic E-state index is 2.48. The van der Waals surface area contributed by atoms with Gasteiger partial charge in [-0.1, -0.05) is 60.3 Å². The topological polar surface area (TPSA) is 0 Å². The van der Waals surface area contributed by atoms with Gasteiger partial charge in [0.05, 0.1) is 0 Å². The molecule has 90 valence electrons. The van der Waals surface area contributed by atoms with Crippen molar-refractivity contribution in [2.75, 3.05) is 0 Å². The molecule has 0 nitrogen and oxygen atoms in total. The van der Waals surface area contributed by atoms with Crippen molar-refractivity contribution in [1.82, 2.24) is 0 Å². The van der Waals surface area contributed by atoms with Crippen molar-refractivity contribution in [1.29, 1.82) is 0 Å². The van der Waals surface area contributed by atoms with Crippen molar-refractivity contribution in [3.63, 3.8) is 0 Å². The normalized spacial score (nSPS) is 37.4. The Labute approximate surface area is 96.8 Å². The molecular weight excluding hydrogens is 180 g/mol. The Morgan fingerprint density at radius 3 is 2.20 bits per heavy atom. The first-order valence-electron chi connectivity index (χ1n) is 7.13. The molecule has 1 saturated carbocycles. The van der Waals surface area contributed by atoms with E-state index in [4.69, 9.17) is 0 Å². The molecule has 0 aliphatic heterocycles. The van der Waals surface area contributed by atoms with Gasteiger partial charge in [-0.15, -0.1) is 0 Å². The number of hydrogen-bond donors (Lipinski definition) is 0. The molecule has 0 saturated heterocycles. The molecule has 1 aliphatic carbocycles. The van der Waals surface area contributed by atoms with Crippen molar-refractivity contribution in [2.45, 2.75) is 66.7 Å². The van der Waals surface area contributed by atoms with Gasteiger partial charge in [0.1, 0.15) is 0 Å². The maximum Gasteiger partial charge on any atom is -0.0329 e. The minimum Gasteiger partial charge on any atom is -0.0654 e. The molecule has 0 heteroatoms. The molecule has 15 heavy (non-hydrogen) atoms. The third-order valence-corrected chi connectivity index (χ3v) is 4.90. The van der Waals surface area contributed by atoms with E-state index in [-0.39, 0.29) is 0 Å². The second kappa shape index (κ2) is 5.92. The Morgan fingerprint density at radius 2 is 1.67 bits per heavy atom. The maximum atomic E-state index is 2.48. The Bertz CT molecular complexity index is 173. The standard InChI is InChI=1S/C15H30/c1-6-8-10-14-12(4)13(5)15(14)11(3)9-7-2/h11-15H,6-10H2,1-5H3. The summed E-state index contributed by atoms with van der Waals surface area (Å²) in [6, 6.07) is 0. The van der Waals surface area contributed by atoms with E-state index in [9.17, 15) is 0 Å². The van der Waals surface area contributed by atoms with E-state index in [1.165, 1.54) is 32.1 Å². The summed E-state index contributed by atoms with van der Waals surface area (Å²) < 4.78 is 0. The van der Waals surface area contributed by atoms with Crippen molar-refractivity contribution in [3.8, 4) is 0 Å². The lowest BCUT2D eigenvalue weighted by molar-refractivity contribution is -0.0428. The molecule has 0 amide bonds. The monoisotopic (exact) mass is 210 g/mol. The van der Waals surface area contributed by atoms with E-state index in [1.54, 1.807) is 0 Å². The minimum atomic E-state index is 0.961. The van der Waals surface area contributed by atoms with E-state index in [2.05, 4.69) is 34.6 Å². The van der Waals surface area contributed by atoms with E-state index in [0.717, 1.165) is 29.6 Å². The summed E-state index contributed by atoms with van der Waals surface area (Å²) >= 11 is 0. The number of rotatable bonds is 6. The lowest BCUT2D eigenvalue weighted by Gasteiger charge is -2.53. The highest BCUT2D eigenvalue weighted by Crippen LogP contribution is 2.52. The van der Waals surface area contributed by atoms with Crippen molar-refractivity contribution in [3.05, 3.63) is 0 Å². The van der Waals surface area contributed by atoms with Crippen LogP contribution in [0.15, 0.2) is 0 Å². The first-order valence-corrected chi connectivity index (χ1v) is 7.13. The number of unbranched alkanes of at least 4 members (excludes halogenated alkanes) is 1. The van der Waals surface area contributed by atoms with Crippen LogP contribution in [0.1, 0.15) is 66.7 Å². The van der Waals surface area contributed by atoms with Gasteiger partial charge in [-0.3, -0.25) is 0 Å². The van der Waals surface area contributed by atoms with Crippen LogP contribution < -0.4 is 0 Å². The lowest BCUT2D eigenvalue weighted by Crippen LogP contribution is -2.46. The van der Waals surface area contributed by atoms with Crippen LogP contribution in [0.4, 0.5) is 0 Å².